The number of nitrogens with one attached hydrogen (secondary N) is 2. The average molecular weight is 319 g/mol. The molecule has 23 heavy (non-hydrogen) atoms. The molecule has 0 aromatic carbocycles. The fourth-order valence-corrected chi connectivity index (χ4v) is 2.35. The first-order chi connectivity index (χ1) is 11.0. The molecule has 2 heterocycles. The van der Waals surface area contributed by atoms with E-state index in [4.69, 9.17) is 0 Å². The Balaban J connectivity index is 1.98. The minimum Gasteiger partial charge on any atom is -0.353 e. The van der Waals surface area contributed by atoms with Crippen molar-refractivity contribution in [3.63, 3.8) is 0 Å². The molecule has 2 N–H and O–H groups in total. The number of amides is 1. The lowest BCUT2D eigenvalue weighted by Gasteiger charge is -2.25. The number of aryl methyl sites for hydroxylation is 2. The molecule has 0 bridgehead atoms. The highest BCUT2D eigenvalue weighted by atomic mass is 16.2. The molecule has 0 saturated heterocycles. The zero-order chi connectivity index (χ0) is 16.8. The molecule has 0 spiro atoms. The number of rotatable bonds is 5. The van der Waals surface area contributed by atoms with Gasteiger partial charge in [0.25, 0.3) is 0 Å². The van der Waals surface area contributed by atoms with Crippen molar-refractivity contribution in [3.8, 4) is 0 Å². The third-order valence-electron chi connectivity index (χ3n) is 3.59. The van der Waals surface area contributed by atoms with Crippen molar-refractivity contribution in [1.82, 2.24) is 30.3 Å². The van der Waals surface area contributed by atoms with Crippen LogP contribution in [-0.2, 0) is 17.8 Å². The van der Waals surface area contributed by atoms with E-state index >= 15 is 0 Å². The number of likely N-dealkylation sites (N-methyl/N-ethyl adjacent to an activating group) is 1. The molecular formula is C15H25N7O. The van der Waals surface area contributed by atoms with Gasteiger partial charge in [0, 0.05) is 33.1 Å². The highest BCUT2D eigenvalue weighted by Gasteiger charge is 2.21. The normalized spacial score (nSPS) is 17.3. The molecule has 1 aliphatic rings. The Morgan fingerprint density at radius 2 is 2.35 bits per heavy atom. The van der Waals surface area contributed by atoms with Gasteiger partial charge in [-0.05, 0) is 13.3 Å². The van der Waals surface area contributed by atoms with Crippen LogP contribution in [0.3, 0.4) is 0 Å². The van der Waals surface area contributed by atoms with Gasteiger partial charge in [0.2, 0.25) is 5.91 Å². The topological polar surface area (TPSA) is 87.4 Å². The highest BCUT2D eigenvalue weighted by molar-refractivity contribution is 5.85. The van der Waals surface area contributed by atoms with Crippen LogP contribution in [0, 0.1) is 6.92 Å². The van der Waals surface area contributed by atoms with Crippen molar-refractivity contribution in [2.75, 3.05) is 27.2 Å². The second kappa shape index (κ2) is 7.75. The van der Waals surface area contributed by atoms with Gasteiger partial charge in [-0.1, -0.05) is 6.08 Å². The Morgan fingerprint density at radius 1 is 1.57 bits per heavy atom. The summed E-state index contributed by atoms with van der Waals surface area (Å²) < 4.78 is 1.94. The molecule has 0 saturated carbocycles. The van der Waals surface area contributed by atoms with Crippen molar-refractivity contribution >= 4 is 11.9 Å². The number of carbonyl (C=O) groups excluding carboxylic acids is 1. The minimum absolute atomic E-state index is 0.0393. The van der Waals surface area contributed by atoms with E-state index in [0.29, 0.717) is 12.5 Å². The number of fused-ring (bicyclic) bond motifs is 1. The molecule has 2 rings (SSSR count). The predicted molar refractivity (Wildman–Crippen MR) is 89.2 cm³/mol. The van der Waals surface area contributed by atoms with Crippen LogP contribution in [0.2, 0.25) is 0 Å². The average Bonchev–Trinajstić information content (AvgIpc) is 2.88. The zero-order valence-corrected chi connectivity index (χ0v) is 14.0. The lowest BCUT2D eigenvalue weighted by atomic mass is 10.1. The van der Waals surface area contributed by atoms with Crippen LogP contribution >= 0.6 is 0 Å². The number of carbonyl (C=O) groups is 1. The van der Waals surface area contributed by atoms with E-state index in [9.17, 15) is 4.79 Å². The second-order valence-corrected chi connectivity index (χ2v) is 5.76. The Bertz CT molecular complexity index is 591. The van der Waals surface area contributed by atoms with Crippen molar-refractivity contribution < 1.29 is 4.79 Å². The molecule has 126 valence electrons. The zero-order valence-electron chi connectivity index (χ0n) is 14.0. The Morgan fingerprint density at radius 3 is 3.04 bits per heavy atom. The van der Waals surface area contributed by atoms with Crippen LogP contribution in [0.4, 0.5) is 0 Å². The lowest BCUT2D eigenvalue weighted by molar-refractivity contribution is -0.127. The van der Waals surface area contributed by atoms with Crippen LogP contribution in [0.15, 0.2) is 17.6 Å². The molecule has 1 aromatic rings. The van der Waals surface area contributed by atoms with Crippen molar-refractivity contribution in [2.24, 2.45) is 4.99 Å². The molecular weight excluding hydrogens is 294 g/mol. The van der Waals surface area contributed by atoms with Crippen LogP contribution < -0.4 is 10.6 Å². The molecule has 1 unspecified atom stereocenters. The van der Waals surface area contributed by atoms with E-state index in [1.807, 2.05) is 11.6 Å². The van der Waals surface area contributed by atoms with Gasteiger partial charge >= 0.3 is 0 Å². The van der Waals surface area contributed by atoms with E-state index in [0.717, 1.165) is 31.0 Å². The Labute approximate surface area is 136 Å². The summed E-state index contributed by atoms with van der Waals surface area (Å²) in [5.74, 6) is 2.41. The van der Waals surface area contributed by atoms with E-state index in [1.165, 1.54) is 4.90 Å². The lowest BCUT2D eigenvalue weighted by Crippen LogP contribution is -2.47. The third-order valence-corrected chi connectivity index (χ3v) is 3.59. The number of hydrogen-bond donors (Lipinski definition) is 2. The van der Waals surface area contributed by atoms with Crippen LogP contribution in [0.5, 0.6) is 0 Å². The summed E-state index contributed by atoms with van der Waals surface area (Å²) in [5.41, 5.74) is 0. The maximum absolute atomic E-state index is 11.7. The molecule has 1 atom stereocenters. The molecule has 0 aliphatic carbocycles. The second-order valence-electron chi connectivity index (χ2n) is 5.76. The van der Waals surface area contributed by atoms with Gasteiger partial charge in [0.05, 0.1) is 6.54 Å². The number of guanidine groups is 1. The quantitative estimate of drug-likeness (QED) is 0.442. The molecule has 1 aliphatic heterocycles. The van der Waals surface area contributed by atoms with E-state index in [2.05, 4.69) is 32.3 Å². The van der Waals surface area contributed by atoms with Gasteiger partial charge in [-0.2, -0.15) is 5.10 Å². The largest absolute Gasteiger partial charge is 0.353 e. The minimum atomic E-state index is -0.0393. The molecule has 0 radical (unpaired) electrons. The number of aliphatic imine (C=N–C) groups is 1. The first-order valence-corrected chi connectivity index (χ1v) is 7.75. The molecule has 1 amide bonds. The van der Waals surface area contributed by atoms with Crippen molar-refractivity contribution in [3.05, 3.63) is 24.3 Å². The first-order valence-electron chi connectivity index (χ1n) is 7.75. The van der Waals surface area contributed by atoms with Gasteiger partial charge < -0.3 is 15.5 Å². The maximum atomic E-state index is 11.7. The Kier molecular flexibility index (Phi) is 5.72. The Hall–Kier alpha value is -2.38. The smallest absolute Gasteiger partial charge is 0.243 e. The predicted octanol–water partition coefficient (Wildman–Crippen LogP) is -0.289. The molecule has 8 heteroatoms. The van der Waals surface area contributed by atoms with E-state index in [-0.39, 0.29) is 18.5 Å². The van der Waals surface area contributed by atoms with Gasteiger partial charge in [0.15, 0.2) is 5.96 Å². The summed E-state index contributed by atoms with van der Waals surface area (Å²) in [5, 5.41) is 10.9. The maximum Gasteiger partial charge on any atom is 0.243 e. The fraction of sp³-hybridized carbons (Fsp3) is 0.600. The number of nitrogens with zero attached hydrogens (tertiary/aromatic N) is 5. The summed E-state index contributed by atoms with van der Waals surface area (Å²) in [6.45, 7) is 7.03. The number of aromatic nitrogens is 3. The van der Waals surface area contributed by atoms with E-state index in [1.54, 1.807) is 20.2 Å². The van der Waals surface area contributed by atoms with Crippen molar-refractivity contribution in [1.29, 1.82) is 0 Å². The SMILES string of the molecule is C=CCNC(=NCC(=O)N(C)C)NC1CCc2nc(C)nn2C1. The van der Waals surface area contributed by atoms with Gasteiger partial charge in [0.1, 0.15) is 18.2 Å². The monoisotopic (exact) mass is 319 g/mol. The number of hydrogen-bond acceptors (Lipinski definition) is 4. The summed E-state index contributed by atoms with van der Waals surface area (Å²) in [4.78, 5) is 22.0. The molecule has 8 nitrogen and oxygen atoms in total. The first kappa shape index (κ1) is 17.0. The molecule has 1 aromatic heterocycles. The summed E-state index contributed by atoms with van der Waals surface area (Å²) >= 11 is 0. The van der Waals surface area contributed by atoms with Crippen LogP contribution in [0.1, 0.15) is 18.1 Å². The van der Waals surface area contributed by atoms with Gasteiger partial charge in [-0.25, -0.2) is 14.7 Å². The summed E-state index contributed by atoms with van der Waals surface area (Å²) in [6.07, 6.45) is 3.59. The highest BCUT2D eigenvalue weighted by Crippen LogP contribution is 2.12. The summed E-state index contributed by atoms with van der Waals surface area (Å²) in [6, 6.07) is 0.203. The molecule has 0 fully saturated rings. The fourth-order valence-electron chi connectivity index (χ4n) is 2.35. The summed E-state index contributed by atoms with van der Waals surface area (Å²) in [7, 11) is 3.44. The van der Waals surface area contributed by atoms with E-state index < -0.39 is 0 Å². The third kappa shape index (κ3) is 4.80. The van der Waals surface area contributed by atoms with Crippen LogP contribution in [-0.4, -0.2) is 64.8 Å². The van der Waals surface area contributed by atoms with Gasteiger partial charge in [-0.15, -0.1) is 6.58 Å². The van der Waals surface area contributed by atoms with Crippen molar-refractivity contribution in [2.45, 2.75) is 32.4 Å². The van der Waals surface area contributed by atoms with Gasteiger partial charge in [-0.3, -0.25) is 4.79 Å². The van der Waals surface area contributed by atoms with Crippen LogP contribution in [0.25, 0.3) is 0 Å². The standard InChI is InChI=1S/C15H25N7O/c1-5-8-16-15(17-9-14(23)21(3)4)19-12-6-7-13-18-11(2)20-22(13)10-12/h5,12H,1,6-10H2,2-4H3,(H2,16,17,19).